The molecular formula is C13H24N2. The van der Waals surface area contributed by atoms with E-state index >= 15 is 0 Å². The Bertz CT molecular complexity index is 170. The maximum Gasteiger partial charge on any atom is 0.0635 e. The molecule has 1 N–H and O–H groups in total. The molecule has 0 unspecified atom stereocenters. The summed E-state index contributed by atoms with van der Waals surface area (Å²) in [5, 5.41) is 11.6. The average molecular weight is 208 g/mol. The highest BCUT2D eigenvalue weighted by Gasteiger charge is 1.91. The first kappa shape index (κ1) is 14.2. The Morgan fingerprint density at radius 3 is 2.33 bits per heavy atom. The monoisotopic (exact) mass is 208 g/mol. The first-order valence-electron chi connectivity index (χ1n) is 6.10. The maximum atomic E-state index is 8.31. The van der Waals surface area contributed by atoms with Crippen LogP contribution in [0, 0.1) is 11.3 Å². The van der Waals surface area contributed by atoms with Crippen molar-refractivity contribution in [1.29, 1.82) is 5.26 Å². The number of nitrogens with zero attached hydrogens (tertiary/aromatic N) is 1. The molecular weight excluding hydrogens is 184 g/mol. The molecule has 86 valence electrons. The predicted molar refractivity (Wildman–Crippen MR) is 65.6 cm³/mol. The van der Waals surface area contributed by atoms with E-state index in [2.05, 4.69) is 18.0 Å². The second-order valence-corrected chi connectivity index (χ2v) is 3.86. The van der Waals surface area contributed by atoms with Crippen LogP contribution in [0.15, 0.2) is 12.7 Å². The van der Waals surface area contributed by atoms with Crippen molar-refractivity contribution in [3.63, 3.8) is 0 Å². The molecule has 2 heteroatoms. The third kappa shape index (κ3) is 13.2. The van der Waals surface area contributed by atoms with E-state index in [1.54, 1.807) is 0 Å². The van der Waals surface area contributed by atoms with Crippen molar-refractivity contribution in [3.05, 3.63) is 12.7 Å². The van der Waals surface area contributed by atoms with Gasteiger partial charge >= 0.3 is 0 Å². The summed E-state index contributed by atoms with van der Waals surface area (Å²) in [4.78, 5) is 0. The van der Waals surface area contributed by atoms with E-state index in [1.807, 2.05) is 6.08 Å². The molecule has 0 bridgehead atoms. The van der Waals surface area contributed by atoms with E-state index in [4.69, 9.17) is 5.26 Å². The summed E-state index contributed by atoms with van der Waals surface area (Å²) in [6.45, 7) is 5.62. The largest absolute Gasteiger partial charge is 0.316 e. The van der Waals surface area contributed by atoms with Crippen LogP contribution < -0.4 is 5.32 Å². The van der Waals surface area contributed by atoms with Gasteiger partial charge in [0.25, 0.3) is 0 Å². The minimum atomic E-state index is 0.627. The van der Waals surface area contributed by atoms with Crippen molar-refractivity contribution in [1.82, 2.24) is 5.32 Å². The zero-order chi connectivity index (χ0) is 11.2. The molecule has 0 aliphatic carbocycles. The normalized spacial score (nSPS) is 9.80. The molecule has 0 heterocycles. The molecule has 0 fully saturated rings. The topological polar surface area (TPSA) is 35.8 Å². The van der Waals surface area contributed by atoms with Gasteiger partial charge in [0.1, 0.15) is 0 Å². The lowest BCUT2D eigenvalue weighted by atomic mass is 10.1. The number of nitriles is 1. The van der Waals surface area contributed by atoms with Crippen LogP contribution in [0.3, 0.4) is 0 Å². The molecule has 0 radical (unpaired) electrons. The molecule has 15 heavy (non-hydrogen) atoms. The van der Waals surface area contributed by atoms with Crippen molar-refractivity contribution >= 4 is 0 Å². The second kappa shape index (κ2) is 13.2. The number of hydrogen-bond donors (Lipinski definition) is 1. The Kier molecular flexibility index (Phi) is 12.5. The van der Waals surface area contributed by atoms with Gasteiger partial charge in [0.2, 0.25) is 0 Å². The zero-order valence-corrected chi connectivity index (χ0v) is 9.80. The average Bonchev–Trinajstić information content (AvgIpc) is 2.26. The first-order chi connectivity index (χ1) is 7.41. The van der Waals surface area contributed by atoms with Crippen molar-refractivity contribution in [2.45, 2.75) is 51.4 Å². The fourth-order valence-electron chi connectivity index (χ4n) is 1.52. The first-order valence-corrected chi connectivity index (χ1v) is 6.10. The Labute approximate surface area is 94.4 Å². The number of allylic oxidation sites excluding steroid dienone is 1. The van der Waals surface area contributed by atoms with E-state index in [9.17, 15) is 0 Å². The molecule has 0 aromatic rings. The van der Waals surface area contributed by atoms with Crippen molar-refractivity contribution < 1.29 is 0 Å². The zero-order valence-electron chi connectivity index (χ0n) is 9.80. The van der Waals surface area contributed by atoms with Gasteiger partial charge in [-0.1, -0.05) is 31.8 Å². The van der Waals surface area contributed by atoms with Gasteiger partial charge in [-0.15, -0.1) is 6.58 Å². The van der Waals surface area contributed by atoms with Gasteiger partial charge in [0.05, 0.1) is 6.07 Å². The molecule has 0 aliphatic heterocycles. The fraction of sp³-hybridized carbons (Fsp3) is 0.769. The third-order valence-electron chi connectivity index (χ3n) is 2.43. The smallest absolute Gasteiger partial charge is 0.0635 e. The van der Waals surface area contributed by atoms with Gasteiger partial charge in [-0.3, -0.25) is 0 Å². The fourth-order valence-corrected chi connectivity index (χ4v) is 1.52. The van der Waals surface area contributed by atoms with Gasteiger partial charge in [0, 0.05) is 13.0 Å². The van der Waals surface area contributed by atoms with Gasteiger partial charge in [0.15, 0.2) is 0 Å². The Hall–Kier alpha value is -0.810. The molecule has 0 spiro atoms. The molecule has 0 aliphatic rings. The summed E-state index contributed by atoms with van der Waals surface area (Å²) in [5.74, 6) is 0. The van der Waals surface area contributed by atoms with Crippen LogP contribution in [0.25, 0.3) is 0 Å². The molecule has 0 saturated heterocycles. The quantitative estimate of drug-likeness (QED) is 0.417. The molecule has 0 rings (SSSR count). The molecule has 0 atom stereocenters. The van der Waals surface area contributed by atoms with Crippen LogP contribution in [0.5, 0.6) is 0 Å². The van der Waals surface area contributed by atoms with E-state index < -0.39 is 0 Å². The maximum absolute atomic E-state index is 8.31. The summed E-state index contributed by atoms with van der Waals surface area (Å²) in [6.07, 6.45) is 11.7. The lowest BCUT2D eigenvalue weighted by Gasteiger charge is -2.02. The standard InChI is InChI=1S/C13H24N2/c1-2-3-4-5-6-7-8-9-12-15-13-10-11-14/h2,15H,1,3-10,12-13H2. The van der Waals surface area contributed by atoms with E-state index in [0.717, 1.165) is 19.5 Å². The minimum absolute atomic E-state index is 0.627. The Morgan fingerprint density at radius 2 is 1.67 bits per heavy atom. The minimum Gasteiger partial charge on any atom is -0.316 e. The second-order valence-electron chi connectivity index (χ2n) is 3.86. The molecule has 0 aromatic heterocycles. The number of unbranched alkanes of at least 4 members (excludes halogenated alkanes) is 6. The van der Waals surface area contributed by atoms with E-state index in [0.29, 0.717) is 6.42 Å². The van der Waals surface area contributed by atoms with Gasteiger partial charge in [-0.05, 0) is 25.8 Å². The summed E-state index contributed by atoms with van der Waals surface area (Å²) in [6, 6.07) is 2.13. The van der Waals surface area contributed by atoms with Crippen molar-refractivity contribution in [2.75, 3.05) is 13.1 Å². The Morgan fingerprint density at radius 1 is 1.00 bits per heavy atom. The van der Waals surface area contributed by atoms with Crippen LogP contribution in [0.4, 0.5) is 0 Å². The van der Waals surface area contributed by atoms with E-state index in [1.165, 1.54) is 38.5 Å². The van der Waals surface area contributed by atoms with Crippen molar-refractivity contribution in [3.8, 4) is 6.07 Å². The van der Waals surface area contributed by atoms with E-state index in [-0.39, 0.29) is 0 Å². The van der Waals surface area contributed by atoms with Crippen LogP contribution >= 0.6 is 0 Å². The summed E-state index contributed by atoms with van der Waals surface area (Å²) < 4.78 is 0. The molecule has 2 nitrogen and oxygen atoms in total. The highest BCUT2D eigenvalue weighted by atomic mass is 14.8. The molecule has 0 saturated carbocycles. The van der Waals surface area contributed by atoms with Gasteiger partial charge in [-0.2, -0.15) is 5.26 Å². The van der Waals surface area contributed by atoms with Gasteiger partial charge in [-0.25, -0.2) is 0 Å². The summed E-state index contributed by atoms with van der Waals surface area (Å²) >= 11 is 0. The number of hydrogen-bond acceptors (Lipinski definition) is 2. The van der Waals surface area contributed by atoms with Crippen LogP contribution in [0.2, 0.25) is 0 Å². The lowest BCUT2D eigenvalue weighted by molar-refractivity contribution is 0.569. The summed E-state index contributed by atoms with van der Waals surface area (Å²) in [5.41, 5.74) is 0. The highest BCUT2D eigenvalue weighted by Crippen LogP contribution is 2.06. The highest BCUT2D eigenvalue weighted by molar-refractivity contribution is 4.69. The van der Waals surface area contributed by atoms with Crippen LogP contribution in [-0.4, -0.2) is 13.1 Å². The van der Waals surface area contributed by atoms with Crippen LogP contribution in [-0.2, 0) is 0 Å². The van der Waals surface area contributed by atoms with Gasteiger partial charge < -0.3 is 5.32 Å². The predicted octanol–water partition coefficient (Wildman–Crippen LogP) is 3.41. The summed E-state index contributed by atoms with van der Waals surface area (Å²) in [7, 11) is 0. The molecule has 0 amide bonds. The third-order valence-corrected chi connectivity index (χ3v) is 2.43. The Balaban J connectivity index is 2.87. The SMILES string of the molecule is C=CCCCCCCCCNCCC#N. The lowest BCUT2D eigenvalue weighted by Crippen LogP contribution is -2.15. The number of rotatable bonds is 11. The van der Waals surface area contributed by atoms with Crippen molar-refractivity contribution in [2.24, 2.45) is 0 Å². The molecule has 0 aromatic carbocycles. The number of nitrogens with one attached hydrogen (secondary N) is 1. The van der Waals surface area contributed by atoms with Crippen LogP contribution in [0.1, 0.15) is 51.4 Å².